The molecule has 1 aromatic heterocycles. The Morgan fingerprint density at radius 3 is 2.62 bits per heavy atom. The highest BCUT2D eigenvalue weighted by Crippen LogP contribution is 2.53. The van der Waals surface area contributed by atoms with Gasteiger partial charge >= 0.3 is 0 Å². The van der Waals surface area contributed by atoms with Gasteiger partial charge in [0.15, 0.2) is 0 Å². The molecule has 4 atom stereocenters. The topological polar surface area (TPSA) is 53.5 Å². The van der Waals surface area contributed by atoms with Gasteiger partial charge in [-0.05, 0) is 31.4 Å². The van der Waals surface area contributed by atoms with E-state index in [2.05, 4.69) is 16.8 Å². The zero-order chi connectivity index (χ0) is 16.9. The summed E-state index contributed by atoms with van der Waals surface area (Å²) in [6.07, 6.45) is 7.05. The lowest BCUT2D eigenvalue weighted by Crippen LogP contribution is -2.55. The van der Waals surface area contributed by atoms with Crippen LogP contribution in [0.3, 0.4) is 0 Å². The van der Waals surface area contributed by atoms with E-state index in [4.69, 9.17) is 0 Å². The molecule has 2 aliphatic heterocycles. The number of rotatable bonds is 1. The molecule has 0 unspecified atom stereocenters. The van der Waals surface area contributed by atoms with E-state index in [0.29, 0.717) is 12.2 Å². The summed E-state index contributed by atoms with van der Waals surface area (Å²) in [5.41, 5.74) is 0.521. The summed E-state index contributed by atoms with van der Waals surface area (Å²) < 4.78 is 0. The Morgan fingerprint density at radius 1 is 1.21 bits per heavy atom. The van der Waals surface area contributed by atoms with Gasteiger partial charge in [-0.25, -0.2) is 0 Å². The molecular weight excluding hydrogens is 302 g/mol. The number of piperidine rings is 1. The summed E-state index contributed by atoms with van der Waals surface area (Å²) in [6, 6.07) is 6.11. The number of amides is 2. The molecule has 3 heterocycles. The number of hydrogen-bond donors (Lipinski definition) is 0. The quantitative estimate of drug-likeness (QED) is 0.796. The average Bonchev–Trinajstić information content (AvgIpc) is 2.69. The molecule has 128 valence electrons. The molecular formula is C19H25N3O2. The molecule has 24 heavy (non-hydrogen) atoms. The Labute approximate surface area is 143 Å². The number of carbonyl (C=O) groups is 2. The fraction of sp³-hybridized carbons (Fsp3) is 0.632. The summed E-state index contributed by atoms with van der Waals surface area (Å²) in [6.45, 7) is 4.61. The maximum absolute atomic E-state index is 13.1. The standard InChI is InChI=1S/C19H25N3O2/c1-13(23)22-14-11-19(2)16(8-3-4-9-17(19)22)21(12-14)18(24)15-7-5-6-10-20-15/h5-7,10,14,16-17H,3-4,8-9,11-12H2,1-2H3/t14-,16+,17-,19+/m0/s1. The van der Waals surface area contributed by atoms with Crippen LogP contribution in [-0.4, -0.2) is 51.3 Å². The van der Waals surface area contributed by atoms with Crippen LogP contribution in [0.5, 0.6) is 0 Å². The van der Waals surface area contributed by atoms with Crippen LogP contribution in [0, 0.1) is 5.41 Å². The van der Waals surface area contributed by atoms with Crippen LogP contribution in [0.4, 0.5) is 0 Å². The second-order valence-corrected chi connectivity index (χ2v) is 7.78. The summed E-state index contributed by atoms with van der Waals surface area (Å²) in [5.74, 6) is 0.170. The Kier molecular flexibility index (Phi) is 3.62. The zero-order valence-electron chi connectivity index (χ0n) is 14.4. The molecule has 2 bridgehead atoms. The van der Waals surface area contributed by atoms with Gasteiger partial charge in [0.05, 0.1) is 6.04 Å². The molecule has 1 aliphatic carbocycles. The second-order valence-electron chi connectivity index (χ2n) is 7.78. The van der Waals surface area contributed by atoms with Gasteiger partial charge in [-0.2, -0.15) is 0 Å². The van der Waals surface area contributed by atoms with Crippen molar-refractivity contribution in [2.24, 2.45) is 5.41 Å². The smallest absolute Gasteiger partial charge is 0.272 e. The monoisotopic (exact) mass is 327 g/mol. The van der Waals surface area contributed by atoms with E-state index in [0.717, 1.165) is 32.1 Å². The first-order valence-electron chi connectivity index (χ1n) is 9.03. The number of fused-ring (bicyclic) bond motifs is 1. The highest BCUT2D eigenvalue weighted by atomic mass is 16.2. The summed E-state index contributed by atoms with van der Waals surface area (Å²) in [4.78, 5) is 33.8. The number of nitrogens with zero attached hydrogens (tertiary/aromatic N) is 3. The van der Waals surface area contributed by atoms with Gasteiger partial charge in [0.2, 0.25) is 5.91 Å². The molecule has 0 spiro atoms. The molecule has 2 amide bonds. The van der Waals surface area contributed by atoms with Crippen molar-refractivity contribution in [1.82, 2.24) is 14.8 Å². The van der Waals surface area contributed by atoms with Gasteiger partial charge in [0, 0.05) is 37.2 Å². The van der Waals surface area contributed by atoms with Crippen molar-refractivity contribution >= 4 is 11.8 Å². The van der Waals surface area contributed by atoms with Crippen molar-refractivity contribution in [2.75, 3.05) is 6.54 Å². The lowest BCUT2D eigenvalue weighted by molar-refractivity contribution is -0.132. The first kappa shape index (κ1) is 15.6. The molecule has 2 saturated heterocycles. The van der Waals surface area contributed by atoms with Crippen molar-refractivity contribution in [2.45, 2.75) is 64.1 Å². The molecule has 0 radical (unpaired) electrons. The van der Waals surface area contributed by atoms with E-state index < -0.39 is 0 Å². The third-order valence-electron chi connectivity index (χ3n) is 6.42. The van der Waals surface area contributed by atoms with Crippen molar-refractivity contribution < 1.29 is 9.59 Å². The molecule has 5 nitrogen and oxygen atoms in total. The predicted octanol–water partition coefficient (Wildman–Crippen LogP) is 2.48. The third-order valence-corrected chi connectivity index (χ3v) is 6.42. The molecule has 1 aromatic rings. The molecule has 0 N–H and O–H groups in total. The lowest BCUT2D eigenvalue weighted by Gasteiger charge is -2.46. The van der Waals surface area contributed by atoms with Gasteiger partial charge in [-0.1, -0.05) is 25.8 Å². The molecule has 4 rings (SSSR count). The van der Waals surface area contributed by atoms with E-state index in [1.807, 2.05) is 17.0 Å². The fourth-order valence-electron chi connectivity index (χ4n) is 5.50. The number of pyridine rings is 1. The summed E-state index contributed by atoms with van der Waals surface area (Å²) in [7, 11) is 0. The first-order chi connectivity index (χ1) is 11.5. The number of aromatic nitrogens is 1. The minimum absolute atomic E-state index is 0.00945. The van der Waals surface area contributed by atoms with Gasteiger partial charge in [-0.3, -0.25) is 14.6 Å². The molecule has 0 aromatic carbocycles. The van der Waals surface area contributed by atoms with E-state index in [1.165, 1.54) is 0 Å². The maximum atomic E-state index is 13.1. The van der Waals surface area contributed by atoms with Crippen molar-refractivity contribution in [3.8, 4) is 0 Å². The third kappa shape index (κ3) is 2.17. The minimum atomic E-state index is 0.00945. The Hall–Kier alpha value is -1.91. The average molecular weight is 327 g/mol. The first-order valence-corrected chi connectivity index (χ1v) is 9.03. The second kappa shape index (κ2) is 5.57. The lowest BCUT2D eigenvalue weighted by atomic mass is 9.71. The Morgan fingerprint density at radius 2 is 1.96 bits per heavy atom. The van der Waals surface area contributed by atoms with Crippen molar-refractivity contribution in [3.63, 3.8) is 0 Å². The van der Waals surface area contributed by atoms with Crippen LogP contribution in [0.2, 0.25) is 0 Å². The van der Waals surface area contributed by atoms with Crippen molar-refractivity contribution in [1.29, 1.82) is 0 Å². The summed E-state index contributed by atoms with van der Waals surface area (Å²) >= 11 is 0. The van der Waals surface area contributed by atoms with Crippen LogP contribution >= 0.6 is 0 Å². The van der Waals surface area contributed by atoms with Gasteiger partial charge in [0.1, 0.15) is 5.69 Å². The molecule has 3 aliphatic rings. The zero-order valence-corrected chi connectivity index (χ0v) is 14.4. The minimum Gasteiger partial charge on any atom is -0.335 e. The van der Waals surface area contributed by atoms with E-state index >= 15 is 0 Å². The molecule has 5 heteroatoms. The fourth-order valence-corrected chi connectivity index (χ4v) is 5.50. The maximum Gasteiger partial charge on any atom is 0.272 e. The molecule has 1 saturated carbocycles. The highest BCUT2D eigenvalue weighted by Gasteiger charge is 2.60. The van der Waals surface area contributed by atoms with Gasteiger partial charge in [0.25, 0.3) is 5.91 Å². The van der Waals surface area contributed by atoms with Crippen LogP contribution in [-0.2, 0) is 4.79 Å². The number of likely N-dealkylation sites (tertiary alicyclic amines) is 2. The van der Waals surface area contributed by atoms with Crippen molar-refractivity contribution in [3.05, 3.63) is 30.1 Å². The molecule has 3 fully saturated rings. The van der Waals surface area contributed by atoms with Crippen LogP contribution in [0.25, 0.3) is 0 Å². The van der Waals surface area contributed by atoms with E-state index in [-0.39, 0.29) is 35.4 Å². The number of hydrogen-bond acceptors (Lipinski definition) is 3. The predicted molar refractivity (Wildman–Crippen MR) is 90.3 cm³/mol. The largest absolute Gasteiger partial charge is 0.335 e. The summed E-state index contributed by atoms with van der Waals surface area (Å²) in [5, 5.41) is 0. The normalized spacial score (nSPS) is 34.8. The van der Waals surface area contributed by atoms with Crippen LogP contribution in [0.15, 0.2) is 24.4 Å². The van der Waals surface area contributed by atoms with Crippen LogP contribution in [0.1, 0.15) is 56.4 Å². The van der Waals surface area contributed by atoms with Crippen LogP contribution < -0.4 is 0 Å². The number of carbonyl (C=O) groups excluding carboxylic acids is 2. The Balaban J connectivity index is 1.73. The highest BCUT2D eigenvalue weighted by molar-refractivity contribution is 5.92. The van der Waals surface area contributed by atoms with Gasteiger partial charge in [-0.15, -0.1) is 0 Å². The van der Waals surface area contributed by atoms with E-state index in [1.54, 1.807) is 19.2 Å². The SMILES string of the molecule is CC(=O)N1[C@@H]2CN(C(=O)c3ccccn3)[C@@H]3CCCC[C@H]1[C@]3(C)C2. The van der Waals surface area contributed by atoms with Gasteiger partial charge < -0.3 is 9.80 Å². The Bertz CT molecular complexity index is 662. The van der Waals surface area contributed by atoms with E-state index in [9.17, 15) is 9.59 Å².